The van der Waals surface area contributed by atoms with Crippen LogP contribution in [-0.4, -0.2) is 17.0 Å². The Balaban J connectivity index is 2.17. The monoisotopic (exact) mass is 274 g/mol. The Bertz CT molecular complexity index is 661. The van der Waals surface area contributed by atoms with E-state index in [-0.39, 0.29) is 17.0 Å². The van der Waals surface area contributed by atoms with Crippen molar-refractivity contribution >= 4 is 23.3 Å². The number of carbonyl (C=O) groups is 2. The van der Waals surface area contributed by atoms with Gasteiger partial charge in [0, 0.05) is 6.42 Å². The van der Waals surface area contributed by atoms with E-state index in [1.807, 2.05) is 6.92 Å². The third-order valence-corrected chi connectivity index (χ3v) is 2.78. The molecule has 0 aliphatic rings. The van der Waals surface area contributed by atoms with Crippen molar-refractivity contribution in [3.05, 3.63) is 47.4 Å². The lowest BCUT2D eigenvalue weighted by Gasteiger charge is -2.07. The fourth-order valence-corrected chi connectivity index (χ4v) is 1.68. The SMILES string of the molecule is CCc1ccc(C(=O)Nc2ccc(C(=O)O)cc2N)o1. The molecule has 4 N–H and O–H groups in total. The van der Waals surface area contributed by atoms with Crippen molar-refractivity contribution in [1.82, 2.24) is 0 Å². The molecule has 2 rings (SSSR count). The van der Waals surface area contributed by atoms with Gasteiger partial charge in [-0.2, -0.15) is 0 Å². The number of anilines is 2. The quantitative estimate of drug-likeness (QED) is 0.742. The second kappa shape index (κ2) is 5.48. The zero-order chi connectivity index (χ0) is 14.7. The van der Waals surface area contributed by atoms with Crippen LogP contribution < -0.4 is 11.1 Å². The first-order valence-electron chi connectivity index (χ1n) is 6.04. The smallest absolute Gasteiger partial charge is 0.335 e. The first-order chi connectivity index (χ1) is 9.51. The van der Waals surface area contributed by atoms with Crippen molar-refractivity contribution in [3.63, 3.8) is 0 Å². The molecule has 0 aliphatic heterocycles. The number of amides is 1. The molecule has 0 unspecified atom stereocenters. The molecule has 0 saturated heterocycles. The average Bonchev–Trinajstić information content (AvgIpc) is 2.89. The van der Waals surface area contributed by atoms with Crippen molar-refractivity contribution in [2.24, 2.45) is 0 Å². The molecule has 1 aromatic heterocycles. The molecule has 1 amide bonds. The number of carboxylic acid groups (broad SMARTS) is 1. The average molecular weight is 274 g/mol. The van der Waals surface area contributed by atoms with Gasteiger partial charge in [-0.1, -0.05) is 6.92 Å². The second-order valence-corrected chi connectivity index (χ2v) is 4.18. The van der Waals surface area contributed by atoms with Crippen LogP contribution >= 0.6 is 0 Å². The number of nitrogens with one attached hydrogen (secondary N) is 1. The summed E-state index contributed by atoms with van der Waals surface area (Å²) in [6, 6.07) is 7.41. The number of benzene rings is 1. The summed E-state index contributed by atoms with van der Waals surface area (Å²) in [6.07, 6.45) is 0.697. The van der Waals surface area contributed by atoms with Crippen LogP contribution in [0.5, 0.6) is 0 Å². The summed E-state index contributed by atoms with van der Waals surface area (Å²) >= 11 is 0. The fourth-order valence-electron chi connectivity index (χ4n) is 1.68. The maximum atomic E-state index is 11.9. The highest BCUT2D eigenvalue weighted by Crippen LogP contribution is 2.21. The summed E-state index contributed by atoms with van der Waals surface area (Å²) in [6.45, 7) is 1.92. The highest BCUT2D eigenvalue weighted by molar-refractivity contribution is 6.04. The number of aromatic carboxylic acids is 1. The normalized spacial score (nSPS) is 10.2. The van der Waals surface area contributed by atoms with Crippen molar-refractivity contribution in [2.75, 3.05) is 11.1 Å². The zero-order valence-corrected chi connectivity index (χ0v) is 10.8. The first kappa shape index (κ1) is 13.7. The van der Waals surface area contributed by atoms with Crippen LogP contribution in [0.3, 0.4) is 0 Å². The number of carbonyl (C=O) groups excluding carboxylic acids is 1. The maximum absolute atomic E-state index is 11.9. The Kier molecular flexibility index (Phi) is 3.74. The fraction of sp³-hybridized carbons (Fsp3) is 0.143. The first-order valence-corrected chi connectivity index (χ1v) is 6.04. The van der Waals surface area contributed by atoms with E-state index in [4.69, 9.17) is 15.3 Å². The van der Waals surface area contributed by atoms with E-state index in [1.54, 1.807) is 12.1 Å². The van der Waals surface area contributed by atoms with Crippen molar-refractivity contribution in [2.45, 2.75) is 13.3 Å². The molecule has 0 spiro atoms. The van der Waals surface area contributed by atoms with Gasteiger partial charge in [0.05, 0.1) is 16.9 Å². The van der Waals surface area contributed by atoms with Crippen molar-refractivity contribution < 1.29 is 19.1 Å². The van der Waals surface area contributed by atoms with Gasteiger partial charge >= 0.3 is 5.97 Å². The Morgan fingerprint density at radius 3 is 2.60 bits per heavy atom. The number of hydrogen-bond acceptors (Lipinski definition) is 4. The maximum Gasteiger partial charge on any atom is 0.335 e. The summed E-state index contributed by atoms with van der Waals surface area (Å²) in [7, 11) is 0. The molecule has 0 bridgehead atoms. The molecule has 1 heterocycles. The molecule has 6 nitrogen and oxygen atoms in total. The van der Waals surface area contributed by atoms with Gasteiger partial charge in [0.15, 0.2) is 5.76 Å². The van der Waals surface area contributed by atoms with E-state index in [1.165, 1.54) is 18.2 Å². The molecule has 0 saturated carbocycles. The van der Waals surface area contributed by atoms with Gasteiger partial charge in [0.2, 0.25) is 0 Å². The lowest BCUT2D eigenvalue weighted by molar-refractivity contribution is 0.0697. The standard InChI is InChI=1S/C14H14N2O4/c1-2-9-4-6-12(20-9)13(17)16-11-5-3-8(14(18)19)7-10(11)15/h3-7H,2,15H2,1H3,(H,16,17)(H,18,19). The summed E-state index contributed by atoms with van der Waals surface area (Å²) in [5.74, 6) is -0.611. The van der Waals surface area contributed by atoms with Crippen LogP contribution in [0, 0.1) is 0 Å². The van der Waals surface area contributed by atoms with Gasteiger partial charge < -0.3 is 20.6 Å². The number of carboxylic acids is 1. The molecule has 0 radical (unpaired) electrons. The van der Waals surface area contributed by atoms with Crippen LogP contribution in [0.15, 0.2) is 34.7 Å². The van der Waals surface area contributed by atoms with Crippen molar-refractivity contribution in [1.29, 1.82) is 0 Å². The molecular weight excluding hydrogens is 260 g/mol. The van der Waals surface area contributed by atoms with Gasteiger partial charge in [-0.15, -0.1) is 0 Å². The molecule has 20 heavy (non-hydrogen) atoms. The Hall–Kier alpha value is -2.76. The van der Waals surface area contributed by atoms with E-state index in [0.29, 0.717) is 17.9 Å². The predicted octanol–water partition coefficient (Wildman–Crippen LogP) is 2.37. The Morgan fingerprint density at radius 1 is 1.30 bits per heavy atom. The molecule has 104 valence electrons. The predicted molar refractivity (Wildman–Crippen MR) is 73.9 cm³/mol. The van der Waals surface area contributed by atoms with E-state index in [9.17, 15) is 9.59 Å². The van der Waals surface area contributed by atoms with Crippen LogP contribution in [-0.2, 0) is 6.42 Å². The largest absolute Gasteiger partial charge is 0.478 e. The lowest BCUT2D eigenvalue weighted by Crippen LogP contribution is -2.12. The number of aryl methyl sites for hydroxylation is 1. The third kappa shape index (κ3) is 2.80. The van der Waals surface area contributed by atoms with Gasteiger partial charge in [0.25, 0.3) is 5.91 Å². The minimum atomic E-state index is -1.08. The van der Waals surface area contributed by atoms with Gasteiger partial charge in [0.1, 0.15) is 5.76 Å². The minimum Gasteiger partial charge on any atom is -0.478 e. The molecule has 1 aromatic carbocycles. The van der Waals surface area contributed by atoms with Crippen LogP contribution in [0.4, 0.5) is 11.4 Å². The number of nitrogen functional groups attached to an aromatic ring is 1. The van der Waals surface area contributed by atoms with Gasteiger partial charge in [-0.3, -0.25) is 4.79 Å². The lowest BCUT2D eigenvalue weighted by atomic mass is 10.1. The Morgan fingerprint density at radius 2 is 2.05 bits per heavy atom. The number of furan rings is 1. The van der Waals surface area contributed by atoms with Gasteiger partial charge in [-0.05, 0) is 30.3 Å². The number of nitrogens with two attached hydrogens (primary N) is 1. The van der Waals surface area contributed by atoms with Crippen LogP contribution in [0.25, 0.3) is 0 Å². The molecule has 0 fully saturated rings. The number of rotatable bonds is 4. The van der Waals surface area contributed by atoms with E-state index in [0.717, 1.165) is 0 Å². The Labute approximate surface area is 115 Å². The zero-order valence-electron chi connectivity index (χ0n) is 10.8. The highest BCUT2D eigenvalue weighted by atomic mass is 16.4. The van der Waals surface area contributed by atoms with Gasteiger partial charge in [-0.25, -0.2) is 4.79 Å². The molecule has 2 aromatic rings. The third-order valence-electron chi connectivity index (χ3n) is 2.78. The van der Waals surface area contributed by atoms with E-state index in [2.05, 4.69) is 5.32 Å². The minimum absolute atomic E-state index is 0.0618. The van der Waals surface area contributed by atoms with E-state index >= 15 is 0 Å². The summed E-state index contributed by atoms with van der Waals surface area (Å²) in [4.78, 5) is 22.7. The molecule has 6 heteroatoms. The van der Waals surface area contributed by atoms with E-state index < -0.39 is 11.9 Å². The molecular formula is C14H14N2O4. The van der Waals surface area contributed by atoms with Crippen molar-refractivity contribution in [3.8, 4) is 0 Å². The topological polar surface area (TPSA) is 106 Å². The summed E-state index contributed by atoms with van der Waals surface area (Å²) in [5, 5.41) is 11.4. The van der Waals surface area contributed by atoms with Crippen LogP contribution in [0.1, 0.15) is 33.6 Å². The number of hydrogen-bond donors (Lipinski definition) is 3. The van der Waals surface area contributed by atoms with Crippen LogP contribution in [0.2, 0.25) is 0 Å². The second-order valence-electron chi connectivity index (χ2n) is 4.18. The molecule has 0 aliphatic carbocycles. The highest BCUT2D eigenvalue weighted by Gasteiger charge is 2.13. The summed E-state index contributed by atoms with van der Waals surface area (Å²) < 4.78 is 5.32. The molecule has 0 atom stereocenters. The summed E-state index contributed by atoms with van der Waals surface area (Å²) in [5.41, 5.74) is 6.29.